The van der Waals surface area contributed by atoms with E-state index in [2.05, 4.69) is 0 Å². The molecule has 0 aromatic heterocycles. The normalized spacial score (nSPS) is 21.0. The van der Waals surface area contributed by atoms with Crippen molar-refractivity contribution in [1.82, 2.24) is 4.90 Å². The van der Waals surface area contributed by atoms with Crippen LogP contribution in [0, 0.1) is 6.92 Å². The van der Waals surface area contributed by atoms with E-state index in [1.54, 1.807) is 25.3 Å². The fourth-order valence-electron chi connectivity index (χ4n) is 2.48. The summed E-state index contributed by atoms with van der Waals surface area (Å²) in [5.74, 6) is -0.298. The smallest absolute Gasteiger partial charge is 0.261 e. The molecule has 1 aromatic rings. The molecule has 0 aliphatic carbocycles. The van der Waals surface area contributed by atoms with E-state index in [1.165, 1.54) is 4.90 Å². The first-order valence-corrected chi connectivity index (χ1v) is 7.31. The molecule has 0 radical (unpaired) electrons. The Kier molecular flexibility index (Phi) is 5.26. The zero-order valence-electron chi connectivity index (χ0n) is 12.5. The van der Waals surface area contributed by atoms with Crippen molar-refractivity contribution in [3.8, 4) is 5.75 Å². The first kappa shape index (κ1) is 16.6. The number of likely N-dealkylation sites (tertiary alicyclic amines) is 1. The summed E-state index contributed by atoms with van der Waals surface area (Å²) in [4.78, 5) is 25.2. The SMILES string of the molecule is CO[C@H]1C[C@@H](C(N)=O)N(C(=O)COc2cccc(Cl)c2C)C1. The number of benzene rings is 1. The highest BCUT2D eigenvalue weighted by molar-refractivity contribution is 6.31. The number of rotatable bonds is 5. The fourth-order valence-corrected chi connectivity index (χ4v) is 2.65. The molecule has 0 spiro atoms. The van der Waals surface area contributed by atoms with E-state index in [0.29, 0.717) is 23.7 Å². The molecule has 22 heavy (non-hydrogen) atoms. The van der Waals surface area contributed by atoms with Crippen LogP contribution >= 0.6 is 11.6 Å². The molecule has 2 amide bonds. The average Bonchev–Trinajstić information content (AvgIpc) is 2.93. The van der Waals surface area contributed by atoms with Gasteiger partial charge < -0.3 is 20.1 Å². The van der Waals surface area contributed by atoms with Gasteiger partial charge in [-0.15, -0.1) is 0 Å². The lowest BCUT2D eigenvalue weighted by atomic mass is 10.2. The summed E-state index contributed by atoms with van der Waals surface area (Å²) in [5.41, 5.74) is 6.11. The molecular formula is C15H19ClN2O4. The molecule has 7 heteroatoms. The van der Waals surface area contributed by atoms with Gasteiger partial charge in [-0.25, -0.2) is 0 Å². The lowest BCUT2D eigenvalue weighted by Crippen LogP contribution is -2.45. The molecule has 2 rings (SSSR count). The van der Waals surface area contributed by atoms with Crippen molar-refractivity contribution < 1.29 is 19.1 Å². The second-order valence-electron chi connectivity index (χ2n) is 5.21. The summed E-state index contributed by atoms with van der Waals surface area (Å²) >= 11 is 6.01. The molecule has 1 aliphatic heterocycles. The second kappa shape index (κ2) is 6.98. The number of nitrogens with two attached hydrogens (primary N) is 1. The van der Waals surface area contributed by atoms with Crippen molar-refractivity contribution >= 4 is 23.4 Å². The summed E-state index contributed by atoms with van der Waals surface area (Å²) < 4.78 is 10.7. The van der Waals surface area contributed by atoms with Gasteiger partial charge in [0.2, 0.25) is 5.91 Å². The predicted molar refractivity (Wildman–Crippen MR) is 81.8 cm³/mol. The highest BCUT2D eigenvalue weighted by atomic mass is 35.5. The maximum absolute atomic E-state index is 12.3. The van der Waals surface area contributed by atoms with E-state index >= 15 is 0 Å². The molecule has 1 heterocycles. The minimum atomic E-state index is -0.651. The van der Waals surface area contributed by atoms with Crippen LogP contribution in [0.25, 0.3) is 0 Å². The van der Waals surface area contributed by atoms with Crippen LogP contribution in [0.1, 0.15) is 12.0 Å². The molecule has 1 fully saturated rings. The number of nitrogens with zero attached hydrogens (tertiary/aromatic N) is 1. The molecule has 120 valence electrons. The monoisotopic (exact) mass is 326 g/mol. The first-order chi connectivity index (χ1) is 10.4. The zero-order valence-corrected chi connectivity index (χ0v) is 13.3. The number of carbonyl (C=O) groups excluding carboxylic acids is 2. The number of primary amides is 1. The van der Waals surface area contributed by atoms with Crippen molar-refractivity contribution in [1.29, 1.82) is 0 Å². The predicted octanol–water partition coefficient (Wildman–Crippen LogP) is 1.13. The molecule has 1 saturated heterocycles. The Labute approximate surface area is 134 Å². The molecule has 2 N–H and O–H groups in total. The van der Waals surface area contributed by atoms with E-state index in [9.17, 15) is 9.59 Å². The van der Waals surface area contributed by atoms with Gasteiger partial charge in [0.15, 0.2) is 6.61 Å². The molecule has 1 aliphatic rings. The van der Waals surface area contributed by atoms with Crippen LogP contribution in [-0.4, -0.2) is 49.1 Å². The Bertz CT molecular complexity index is 579. The first-order valence-electron chi connectivity index (χ1n) is 6.93. The minimum absolute atomic E-state index is 0.179. The zero-order chi connectivity index (χ0) is 16.3. The van der Waals surface area contributed by atoms with Gasteiger partial charge >= 0.3 is 0 Å². The van der Waals surface area contributed by atoms with E-state index in [1.807, 2.05) is 6.92 Å². The third kappa shape index (κ3) is 3.51. The maximum Gasteiger partial charge on any atom is 0.261 e. The Morgan fingerprint density at radius 3 is 2.82 bits per heavy atom. The lowest BCUT2D eigenvalue weighted by molar-refractivity contribution is -0.139. The highest BCUT2D eigenvalue weighted by Gasteiger charge is 2.38. The summed E-state index contributed by atoms with van der Waals surface area (Å²) in [7, 11) is 1.54. The Balaban J connectivity index is 2.02. The third-order valence-corrected chi connectivity index (χ3v) is 4.22. The highest BCUT2D eigenvalue weighted by Crippen LogP contribution is 2.25. The molecule has 0 unspecified atom stereocenters. The maximum atomic E-state index is 12.3. The molecule has 6 nitrogen and oxygen atoms in total. The van der Waals surface area contributed by atoms with Gasteiger partial charge in [0.1, 0.15) is 11.8 Å². The molecule has 0 saturated carbocycles. The Morgan fingerprint density at radius 2 is 2.18 bits per heavy atom. The number of ether oxygens (including phenoxy) is 2. The summed E-state index contributed by atoms with van der Waals surface area (Å²) in [6.45, 7) is 1.97. The van der Waals surface area contributed by atoms with Crippen molar-refractivity contribution in [3.63, 3.8) is 0 Å². The van der Waals surface area contributed by atoms with Crippen LogP contribution in [0.2, 0.25) is 5.02 Å². The fraction of sp³-hybridized carbons (Fsp3) is 0.467. The summed E-state index contributed by atoms with van der Waals surface area (Å²) in [6, 6.07) is 4.58. The van der Waals surface area contributed by atoms with Crippen molar-refractivity contribution in [3.05, 3.63) is 28.8 Å². The van der Waals surface area contributed by atoms with Gasteiger partial charge in [0.25, 0.3) is 5.91 Å². The van der Waals surface area contributed by atoms with Crippen molar-refractivity contribution in [2.24, 2.45) is 5.73 Å². The van der Waals surface area contributed by atoms with Gasteiger partial charge in [-0.3, -0.25) is 9.59 Å². The molecular weight excluding hydrogens is 308 g/mol. The Morgan fingerprint density at radius 1 is 1.45 bits per heavy atom. The van der Waals surface area contributed by atoms with Crippen LogP contribution in [-0.2, 0) is 14.3 Å². The van der Waals surface area contributed by atoms with E-state index < -0.39 is 11.9 Å². The van der Waals surface area contributed by atoms with Gasteiger partial charge in [0.05, 0.1) is 6.10 Å². The van der Waals surface area contributed by atoms with Gasteiger partial charge in [-0.1, -0.05) is 17.7 Å². The molecule has 1 aromatic carbocycles. The molecule has 0 bridgehead atoms. The van der Waals surface area contributed by atoms with Gasteiger partial charge in [-0.05, 0) is 19.1 Å². The number of hydrogen-bond acceptors (Lipinski definition) is 4. The second-order valence-corrected chi connectivity index (χ2v) is 5.62. The third-order valence-electron chi connectivity index (χ3n) is 3.81. The summed E-state index contributed by atoms with van der Waals surface area (Å²) in [6.07, 6.45) is 0.225. The number of methoxy groups -OCH3 is 1. The van der Waals surface area contributed by atoms with Crippen LogP contribution in [0.5, 0.6) is 5.75 Å². The number of carbonyl (C=O) groups is 2. The standard InChI is InChI=1S/C15H19ClN2O4/c1-9-11(16)4-3-5-13(9)22-8-14(19)18-7-10(21-2)6-12(18)15(17)20/h3-5,10,12H,6-8H2,1-2H3,(H2,17,20)/t10-,12-/m0/s1. The van der Waals surface area contributed by atoms with Crippen LogP contribution in [0.3, 0.4) is 0 Å². The van der Waals surface area contributed by atoms with Crippen molar-refractivity contribution in [2.75, 3.05) is 20.3 Å². The lowest BCUT2D eigenvalue weighted by Gasteiger charge is -2.22. The average molecular weight is 327 g/mol. The Hall–Kier alpha value is -1.79. The topological polar surface area (TPSA) is 81.9 Å². The van der Waals surface area contributed by atoms with E-state index in [-0.39, 0.29) is 18.6 Å². The quantitative estimate of drug-likeness (QED) is 0.879. The van der Waals surface area contributed by atoms with Gasteiger partial charge in [0, 0.05) is 30.7 Å². The van der Waals surface area contributed by atoms with Crippen LogP contribution in [0.4, 0.5) is 0 Å². The van der Waals surface area contributed by atoms with Crippen LogP contribution < -0.4 is 10.5 Å². The summed E-state index contributed by atoms with van der Waals surface area (Å²) in [5, 5.41) is 0.570. The largest absolute Gasteiger partial charge is 0.483 e. The van der Waals surface area contributed by atoms with Crippen LogP contribution in [0.15, 0.2) is 18.2 Å². The minimum Gasteiger partial charge on any atom is -0.483 e. The van der Waals surface area contributed by atoms with Gasteiger partial charge in [-0.2, -0.15) is 0 Å². The number of amides is 2. The molecule has 2 atom stereocenters. The van der Waals surface area contributed by atoms with Crippen molar-refractivity contribution in [2.45, 2.75) is 25.5 Å². The number of hydrogen-bond donors (Lipinski definition) is 1. The van der Waals surface area contributed by atoms with E-state index in [0.717, 1.165) is 5.56 Å². The van der Waals surface area contributed by atoms with E-state index in [4.69, 9.17) is 26.8 Å². The number of halogens is 1.